The SMILES string of the molecule is Fc1cnc(C#CC2CC2)nc1. The first-order valence-corrected chi connectivity index (χ1v) is 3.84. The third-order valence-corrected chi connectivity index (χ3v) is 1.59. The van der Waals surface area contributed by atoms with Crippen LogP contribution in [0.4, 0.5) is 4.39 Å². The average molecular weight is 162 g/mol. The number of hydrogen-bond acceptors (Lipinski definition) is 2. The van der Waals surface area contributed by atoms with Gasteiger partial charge in [-0.2, -0.15) is 0 Å². The lowest BCUT2D eigenvalue weighted by Gasteiger charge is -1.86. The highest BCUT2D eigenvalue weighted by molar-refractivity contribution is 5.22. The highest BCUT2D eigenvalue weighted by Crippen LogP contribution is 2.27. The van der Waals surface area contributed by atoms with E-state index in [1.54, 1.807) is 0 Å². The minimum atomic E-state index is -0.424. The molecule has 1 aromatic rings. The maximum Gasteiger partial charge on any atom is 0.204 e. The van der Waals surface area contributed by atoms with Crippen molar-refractivity contribution in [2.75, 3.05) is 0 Å². The van der Waals surface area contributed by atoms with Gasteiger partial charge in [-0.25, -0.2) is 14.4 Å². The first kappa shape index (κ1) is 7.23. The van der Waals surface area contributed by atoms with E-state index in [9.17, 15) is 4.39 Å². The third-order valence-electron chi connectivity index (χ3n) is 1.59. The Kier molecular flexibility index (Phi) is 1.75. The van der Waals surface area contributed by atoms with Gasteiger partial charge in [0.15, 0.2) is 5.82 Å². The summed E-state index contributed by atoms with van der Waals surface area (Å²) < 4.78 is 12.3. The monoisotopic (exact) mass is 162 g/mol. The van der Waals surface area contributed by atoms with Gasteiger partial charge >= 0.3 is 0 Å². The van der Waals surface area contributed by atoms with E-state index in [1.165, 1.54) is 12.8 Å². The Morgan fingerprint density at radius 3 is 2.58 bits per heavy atom. The average Bonchev–Trinajstić information content (AvgIpc) is 2.87. The van der Waals surface area contributed by atoms with E-state index in [4.69, 9.17) is 0 Å². The van der Waals surface area contributed by atoms with Crippen molar-refractivity contribution in [3.05, 3.63) is 24.0 Å². The van der Waals surface area contributed by atoms with Gasteiger partial charge in [-0.1, -0.05) is 5.92 Å². The van der Waals surface area contributed by atoms with Gasteiger partial charge in [-0.3, -0.25) is 0 Å². The molecular formula is C9H7FN2. The molecule has 0 bridgehead atoms. The summed E-state index contributed by atoms with van der Waals surface area (Å²) >= 11 is 0. The van der Waals surface area contributed by atoms with Gasteiger partial charge in [0.25, 0.3) is 0 Å². The lowest BCUT2D eigenvalue weighted by Crippen LogP contribution is -1.88. The zero-order valence-electron chi connectivity index (χ0n) is 6.42. The van der Waals surface area contributed by atoms with Crippen LogP contribution >= 0.6 is 0 Å². The van der Waals surface area contributed by atoms with E-state index in [0.29, 0.717) is 11.7 Å². The van der Waals surface area contributed by atoms with Crippen LogP contribution in [-0.2, 0) is 0 Å². The van der Waals surface area contributed by atoms with Crippen molar-refractivity contribution in [3.8, 4) is 11.8 Å². The molecule has 2 nitrogen and oxygen atoms in total. The van der Waals surface area contributed by atoms with Gasteiger partial charge in [0, 0.05) is 5.92 Å². The van der Waals surface area contributed by atoms with E-state index in [1.807, 2.05) is 0 Å². The summed E-state index contributed by atoms with van der Waals surface area (Å²) in [7, 11) is 0. The van der Waals surface area contributed by atoms with E-state index < -0.39 is 5.82 Å². The Labute approximate surface area is 69.9 Å². The van der Waals surface area contributed by atoms with E-state index in [0.717, 1.165) is 12.4 Å². The van der Waals surface area contributed by atoms with Crippen LogP contribution in [0.5, 0.6) is 0 Å². The van der Waals surface area contributed by atoms with E-state index in [2.05, 4.69) is 21.8 Å². The fourth-order valence-electron chi connectivity index (χ4n) is 0.771. The van der Waals surface area contributed by atoms with Crippen molar-refractivity contribution >= 4 is 0 Å². The maximum atomic E-state index is 12.3. The van der Waals surface area contributed by atoms with Crippen molar-refractivity contribution in [3.63, 3.8) is 0 Å². The fraction of sp³-hybridized carbons (Fsp3) is 0.333. The van der Waals surface area contributed by atoms with Crippen LogP contribution in [0, 0.1) is 23.6 Å². The Morgan fingerprint density at radius 1 is 1.33 bits per heavy atom. The Bertz CT molecular complexity index is 330. The van der Waals surface area contributed by atoms with Crippen LogP contribution < -0.4 is 0 Å². The molecule has 60 valence electrons. The van der Waals surface area contributed by atoms with Crippen LogP contribution in [0.1, 0.15) is 18.7 Å². The second-order valence-electron chi connectivity index (χ2n) is 2.77. The van der Waals surface area contributed by atoms with Crippen molar-refractivity contribution in [2.45, 2.75) is 12.8 Å². The summed E-state index contributed by atoms with van der Waals surface area (Å²) in [4.78, 5) is 7.44. The molecule has 0 aliphatic heterocycles. The lowest BCUT2D eigenvalue weighted by atomic mass is 10.4. The molecule has 12 heavy (non-hydrogen) atoms. The van der Waals surface area contributed by atoms with Gasteiger partial charge in [-0.15, -0.1) is 0 Å². The molecule has 1 aromatic heterocycles. The lowest BCUT2D eigenvalue weighted by molar-refractivity contribution is 0.612. The normalized spacial score (nSPS) is 15.1. The molecule has 0 aromatic carbocycles. The number of halogens is 1. The standard InChI is InChI=1S/C9H7FN2/c10-8-5-11-9(12-6-8)4-3-7-1-2-7/h5-7H,1-2H2. The zero-order chi connectivity index (χ0) is 8.39. The fourth-order valence-corrected chi connectivity index (χ4v) is 0.771. The molecular weight excluding hydrogens is 155 g/mol. The van der Waals surface area contributed by atoms with Crippen molar-refractivity contribution in [2.24, 2.45) is 5.92 Å². The van der Waals surface area contributed by atoms with Crippen molar-refractivity contribution < 1.29 is 4.39 Å². The quantitative estimate of drug-likeness (QED) is 0.538. The highest BCUT2D eigenvalue weighted by atomic mass is 19.1. The van der Waals surface area contributed by atoms with Gasteiger partial charge in [0.1, 0.15) is 0 Å². The molecule has 0 N–H and O–H groups in total. The number of nitrogens with zero attached hydrogens (tertiary/aromatic N) is 2. The molecule has 1 saturated carbocycles. The van der Waals surface area contributed by atoms with Gasteiger partial charge in [0.05, 0.1) is 12.4 Å². The minimum Gasteiger partial charge on any atom is -0.226 e. The van der Waals surface area contributed by atoms with Crippen LogP contribution in [0.3, 0.4) is 0 Å². The van der Waals surface area contributed by atoms with E-state index >= 15 is 0 Å². The molecule has 1 aliphatic rings. The first-order valence-electron chi connectivity index (χ1n) is 3.84. The molecule has 1 aliphatic carbocycles. The summed E-state index contributed by atoms with van der Waals surface area (Å²) in [6.45, 7) is 0. The molecule has 0 atom stereocenters. The van der Waals surface area contributed by atoms with Crippen LogP contribution in [-0.4, -0.2) is 9.97 Å². The number of rotatable bonds is 0. The summed E-state index contributed by atoms with van der Waals surface area (Å²) in [5.41, 5.74) is 0. The highest BCUT2D eigenvalue weighted by Gasteiger charge is 2.17. The summed E-state index contributed by atoms with van der Waals surface area (Å²) in [6.07, 6.45) is 4.61. The molecule has 0 amide bonds. The molecule has 1 fully saturated rings. The largest absolute Gasteiger partial charge is 0.226 e. The first-order chi connectivity index (χ1) is 5.84. The molecule has 0 radical (unpaired) electrons. The predicted molar refractivity (Wildman–Crippen MR) is 41.6 cm³/mol. The summed E-state index contributed by atoms with van der Waals surface area (Å²) in [5, 5.41) is 0. The van der Waals surface area contributed by atoms with Crippen molar-refractivity contribution in [1.82, 2.24) is 9.97 Å². The van der Waals surface area contributed by atoms with Gasteiger partial charge in [-0.05, 0) is 18.8 Å². The number of aromatic nitrogens is 2. The van der Waals surface area contributed by atoms with Gasteiger partial charge < -0.3 is 0 Å². The molecule has 3 heteroatoms. The predicted octanol–water partition coefficient (Wildman–Crippen LogP) is 1.38. The topological polar surface area (TPSA) is 25.8 Å². The minimum absolute atomic E-state index is 0.406. The van der Waals surface area contributed by atoms with Gasteiger partial charge in [0.2, 0.25) is 5.82 Å². The molecule has 2 rings (SSSR count). The smallest absolute Gasteiger partial charge is 0.204 e. The summed E-state index contributed by atoms with van der Waals surface area (Å²) in [5.74, 6) is 6.30. The second kappa shape index (κ2) is 2.90. The van der Waals surface area contributed by atoms with E-state index in [-0.39, 0.29) is 0 Å². The Balaban J connectivity index is 2.13. The third kappa shape index (κ3) is 1.79. The molecule has 0 spiro atoms. The maximum absolute atomic E-state index is 12.3. The second-order valence-corrected chi connectivity index (χ2v) is 2.77. The van der Waals surface area contributed by atoms with Crippen molar-refractivity contribution in [1.29, 1.82) is 0 Å². The molecule has 1 heterocycles. The Morgan fingerprint density at radius 2 is 2.00 bits per heavy atom. The summed E-state index contributed by atoms with van der Waals surface area (Å²) in [6, 6.07) is 0. The molecule has 0 unspecified atom stereocenters. The van der Waals surface area contributed by atoms with Crippen LogP contribution in [0.25, 0.3) is 0 Å². The molecule has 0 saturated heterocycles. The van der Waals surface area contributed by atoms with Crippen LogP contribution in [0.15, 0.2) is 12.4 Å². The number of hydrogen-bond donors (Lipinski definition) is 0. The van der Waals surface area contributed by atoms with Crippen LogP contribution in [0.2, 0.25) is 0 Å². The Hall–Kier alpha value is -1.43. The zero-order valence-corrected chi connectivity index (χ0v) is 6.42.